The molecule has 130 valence electrons. The smallest absolute Gasteiger partial charge is 0.315 e. The standard InChI is InChI=1S/C15H23N7O2/c1-5-12(13-8(2)19-24-10(13)4)17-15(23)16-9(3)14-18-20-21-22(14)11-6-7-11/h9,11-12H,5-7H2,1-4H3,(H2,16,17,23). The predicted molar refractivity (Wildman–Crippen MR) is 85.2 cm³/mol. The maximum atomic E-state index is 12.4. The highest BCUT2D eigenvalue weighted by molar-refractivity contribution is 5.74. The summed E-state index contributed by atoms with van der Waals surface area (Å²) in [6, 6.07) is -0.321. The summed E-state index contributed by atoms with van der Waals surface area (Å²) in [7, 11) is 0. The number of amides is 2. The average molecular weight is 333 g/mol. The lowest BCUT2D eigenvalue weighted by Crippen LogP contribution is -2.40. The normalized spacial score (nSPS) is 16.7. The van der Waals surface area contributed by atoms with Crippen molar-refractivity contribution in [2.45, 2.75) is 65.1 Å². The van der Waals surface area contributed by atoms with Crippen LogP contribution in [-0.4, -0.2) is 31.4 Å². The first-order chi connectivity index (χ1) is 11.5. The molecule has 2 N–H and O–H groups in total. The van der Waals surface area contributed by atoms with Gasteiger partial charge in [-0.05, 0) is 50.5 Å². The second kappa shape index (κ2) is 6.58. The van der Waals surface area contributed by atoms with Gasteiger partial charge in [0.2, 0.25) is 0 Å². The molecular weight excluding hydrogens is 310 g/mol. The largest absolute Gasteiger partial charge is 0.361 e. The topological polar surface area (TPSA) is 111 Å². The molecule has 9 nitrogen and oxygen atoms in total. The molecule has 0 radical (unpaired) electrons. The molecule has 0 bridgehead atoms. The summed E-state index contributed by atoms with van der Waals surface area (Å²) in [4.78, 5) is 12.4. The fraction of sp³-hybridized carbons (Fsp3) is 0.667. The highest BCUT2D eigenvalue weighted by atomic mass is 16.5. The van der Waals surface area contributed by atoms with E-state index in [-0.39, 0.29) is 18.1 Å². The van der Waals surface area contributed by atoms with Gasteiger partial charge in [0, 0.05) is 5.56 Å². The van der Waals surface area contributed by atoms with Crippen molar-refractivity contribution >= 4 is 6.03 Å². The summed E-state index contributed by atoms with van der Waals surface area (Å²) in [5, 5.41) is 21.6. The van der Waals surface area contributed by atoms with Crippen molar-refractivity contribution in [2.24, 2.45) is 0 Å². The van der Waals surface area contributed by atoms with Gasteiger partial charge in [-0.25, -0.2) is 9.48 Å². The molecule has 1 saturated carbocycles. The fourth-order valence-electron chi connectivity index (χ4n) is 2.89. The van der Waals surface area contributed by atoms with E-state index >= 15 is 0 Å². The van der Waals surface area contributed by atoms with E-state index in [1.807, 2.05) is 27.7 Å². The van der Waals surface area contributed by atoms with Gasteiger partial charge in [0.15, 0.2) is 5.82 Å². The maximum Gasteiger partial charge on any atom is 0.315 e. The number of hydrogen-bond donors (Lipinski definition) is 2. The summed E-state index contributed by atoms with van der Waals surface area (Å²) in [6.07, 6.45) is 2.91. The Hall–Kier alpha value is -2.45. The van der Waals surface area contributed by atoms with Crippen LogP contribution in [0.4, 0.5) is 4.79 Å². The van der Waals surface area contributed by atoms with Gasteiger partial charge < -0.3 is 15.2 Å². The molecule has 1 fully saturated rings. The van der Waals surface area contributed by atoms with E-state index in [0.717, 1.165) is 36.3 Å². The average Bonchev–Trinajstić information content (AvgIpc) is 3.18. The number of carbonyl (C=O) groups excluding carboxylic acids is 1. The number of nitrogens with one attached hydrogen (secondary N) is 2. The molecule has 9 heteroatoms. The van der Waals surface area contributed by atoms with Crippen LogP contribution in [0, 0.1) is 13.8 Å². The zero-order valence-corrected chi connectivity index (χ0v) is 14.4. The van der Waals surface area contributed by atoms with E-state index in [1.165, 1.54) is 0 Å². The second-order valence-corrected chi connectivity index (χ2v) is 6.25. The Bertz CT molecular complexity index is 700. The van der Waals surface area contributed by atoms with E-state index in [2.05, 4.69) is 31.3 Å². The minimum atomic E-state index is -0.275. The van der Waals surface area contributed by atoms with Crippen LogP contribution in [0.15, 0.2) is 4.52 Å². The highest BCUT2D eigenvalue weighted by Crippen LogP contribution is 2.35. The zero-order valence-electron chi connectivity index (χ0n) is 14.4. The third-order valence-corrected chi connectivity index (χ3v) is 4.30. The Kier molecular flexibility index (Phi) is 4.50. The number of rotatable bonds is 6. The van der Waals surface area contributed by atoms with E-state index in [9.17, 15) is 4.79 Å². The first-order valence-corrected chi connectivity index (χ1v) is 8.28. The Morgan fingerprint density at radius 3 is 2.71 bits per heavy atom. The number of nitrogens with zero attached hydrogens (tertiary/aromatic N) is 5. The van der Waals surface area contributed by atoms with Crippen LogP contribution in [-0.2, 0) is 0 Å². The molecule has 3 rings (SSSR count). The second-order valence-electron chi connectivity index (χ2n) is 6.25. The van der Waals surface area contributed by atoms with Crippen molar-refractivity contribution < 1.29 is 9.32 Å². The number of hydrogen-bond acceptors (Lipinski definition) is 6. The van der Waals surface area contributed by atoms with Crippen molar-refractivity contribution in [3.05, 3.63) is 22.8 Å². The molecule has 2 aromatic rings. The van der Waals surface area contributed by atoms with Gasteiger partial charge >= 0.3 is 6.03 Å². The molecule has 1 aliphatic carbocycles. The van der Waals surface area contributed by atoms with Gasteiger partial charge in [-0.3, -0.25) is 0 Å². The van der Waals surface area contributed by atoms with Crippen molar-refractivity contribution in [2.75, 3.05) is 0 Å². The first-order valence-electron chi connectivity index (χ1n) is 8.28. The molecule has 0 aliphatic heterocycles. The van der Waals surface area contributed by atoms with Crippen LogP contribution in [0.25, 0.3) is 0 Å². The van der Waals surface area contributed by atoms with Gasteiger partial charge in [-0.15, -0.1) is 5.10 Å². The zero-order chi connectivity index (χ0) is 17.3. The third-order valence-electron chi connectivity index (χ3n) is 4.30. The maximum absolute atomic E-state index is 12.4. The van der Waals surface area contributed by atoms with Gasteiger partial charge in [0.1, 0.15) is 5.76 Å². The van der Waals surface area contributed by atoms with Crippen LogP contribution in [0.5, 0.6) is 0 Å². The lowest BCUT2D eigenvalue weighted by Gasteiger charge is -2.19. The van der Waals surface area contributed by atoms with Crippen molar-refractivity contribution in [1.29, 1.82) is 0 Å². The molecular formula is C15H23N7O2. The van der Waals surface area contributed by atoms with Gasteiger partial charge in [0.05, 0.1) is 23.8 Å². The molecule has 2 unspecified atom stereocenters. The van der Waals surface area contributed by atoms with E-state index in [4.69, 9.17) is 4.52 Å². The molecule has 2 atom stereocenters. The lowest BCUT2D eigenvalue weighted by atomic mass is 10.0. The van der Waals surface area contributed by atoms with Crippen LogP contribution in [0.1, 0.15) is 74.1 Å². The lowest BCUT2D eigenvalue weighted by molar-refractivity contribution is 0.232. The number of urea groups is 1. The van der Waals surface area contributed by atoms with E-state index in [1.54, 1.807) is 4.68 Å². The van der Waals surface area contributed by atoms with Gasteiger partial charge in [-0.2, -0.15) is 0 Å². The Morgan fingerprint density at radius 2 is 2.12 bits per heavy atom. The first kappa shape index (κ1) is 16.4. The summed E-state index contributed by atoms with van der Waals surface area (Å²) >= 11 is 0. The summed E-state index contributed by atoms with van der Waals surface area (Å²) in [6.45, 7) is 7.61. The number of tetrazole rings is 1. The number of aryl methyl sites for hydroxylation is 2. The van der Waals surface area contributed by atoms with Crippen molar-refractivity contribution in [3.8, 4) is 0 Å². The third kappa shape index (κ3) is 3.24. The van der Waals surface area contributed by atoms with E-state index in [0.29, 0.717) is 11.9 Å². The SMILES string of the molecule is CCC(NC(=O)NC(C)c1nnnn1C1CC1)c1c(C)noc1C. The Morgan fingerprint density at radius 1 is 1.38 bits per heavy atom. The Balaban J connectivity index is 1.65. The molecule has 0 saturated heterocycles. The summed E-state index contributed by atoms with van der Waals surface area (Å²) in [5.41, 5.74) is 1.73. The Labute approximate surface area is 140 Å². The molecule has 2 aromatic heterocycles. The van der Waals surface area contributed by atoms with Crippen LogP contribution < -0.4 is 10.6 Å². The monoisotopic (exact) mass is 333 g/mol. The molecule has 1 aliphatic rings. The number of carbonyl (C=O) groups is 1. The minimum Gasteiger partial charge on any atom is -0.361 e. The summed E-state index contributed by atoms with van der Waals surface area (Å²) in [5.74, 6) is 1.41. The van der Waals surface area contributed by atoms with Crippen LogP contribution >= 0.6 is 0 Å². The fourth-order valence-corrected chi connectivity index (χ4v) is 2.89. The molecule has 2 heterocycles. The predicted octanol–water partition coefficient (Wildman–Crippen LogP) is 2.12. The summed E-state index contributed by atoms with van der Waals surface area (Å²) < 4.78 is 7.00. The van der Waals surface area contributed by atoms with Crippen LogP contribution in [0.2, 0.25) is 0 Å². The quantitative estimate of drug-likeness (QED) is 0.837. The molecule has 0 aromatic carbocycles. The van der Waals surface area contributed by atoms with Crippen LogP contribution in [0.3, 0.4) is 0 Å². The van der Waals surface area contributed by atoms with E-state index < -0.39 is 0 Å². The van der Waals surface area contributed by atoms with Gasteiger partial charge in [0.25, 0.3) is 0 Å². The minimum absolute atomic E-state index is 0.150. The van der Waals surface area contributed by atoms with Crippen molar-refractivity contribution in [3.63, 3.8) is 0 Å². The van der Waals surface area contributed by atoms with Crippen molar-refractivity contribution in [1.82, 2.24) is 36.0 Å². The molecule has 24 heavy (non-hydrogen) atoms. The highest BCUT2D eigenvalue weighted by Gasteiger charge is 2.30. The number of aromatic nitrogens is 5. The molecule has 2 amide bonds. The molecule has 0 spiro atoms. The van der Waals surface area contributed by atoms with Gasteiger partial charge in [-0.1, -0.05) is 12.1 Å².